The van der Waals surface area contributed by atoms with E-state index in [0.717, 1.165) is 6.42 Å². The van der Waals surface area contributed by atoms with Crippen molar-refractivity contribution in [2.75, 3.05) is 0 Å². The second kappa shape index (κ2) is 10.5. The maximum atomic E-state index is 2.52. The van der Waals surface area contributed by atoms with E-state index in [1.165, 1.54) is 10.4 Å². The Labute approximate surface area is 195 Å². The standard InChI is InChI=1S/C22H25Si.3ClH.Ti/c1-22(2,3)20-16-11-17-21(20)23(4,18-12-7-5-8-13-18)19-14-9-6-10-15-19;;;;/h5-10,12-15,17H,11H2,1-4H3;3*1H;/q;;;;+3/p-3. The van der Waals surface area contributed by atoms with Crippen molar-refractivity contribution >= 4 is 18.4 Å². The van der Waals surface area contributed by atoms with Crippen LogP contribution in [0.1, 0.15) is 27.2 Å². The van der Waals surface area contributed by atoms with Crippen LogP contribution in [0.4, 0.5) is 0 Å². The van der Waals surface area contributed by atoms with Crippen molar-refractivity contribution in [3.8, 4) is 0 Å². The fourth-order valence-electron chi connectivity index (χ4n) is 3.90. The van der Waals surface area contributed by atoms with Gasteiger partial charge < -0.3 is 37.2 Å². The molecule has 1 aliphatic rings. The Hall–Kier alpha value is -0.279. The summed E-state index contributed by atoms with van der Waals surface area (Å²) in [6, 6.07) is 22.3. The molecule has 27 heavy (non-hydrogen) atoms. The van der Waals surface area contributed by atoms with Crippen LogP contribution < -0.4 is 47.6 Å². The van der Waals surface area contributed by atoms with Gasteiger partial charge >= 0.3 is 159 Å². The summed E-state index contributed by atoms with van der Waals surface area (Å²) < 4.78 is 1.54. The summed E-state index contributed by atoms with van der Waals surface area (Å²) in [4.78, 5) is 0. The molecular weight excluding hydrogens is 447 g/mol. The minimum absolute atomic E-state index is 0. The van der Waals surface area contributed by atoms with Crippen molar-refractivity contribution < 1.29 is 57.7 Å². The average Bonchev–Trinajstić information content (AvgIpc) is 2.98. The smallest absolute Gasteiger partial charge is 1.00 e. The Morgan fingerprint density at radius 2 is 1.19 bits per heavy atom. The van der Waals surface area contributed by atoms with Crippen molar-refractivity contribution in [1.29, 1.82) is 0 Å². The number of rotatable bonds is 3. The van der Waals surface area contributed by atoms with E-state index in [2.05, 4.69) is 114 Å². The molecule has 0 saturated carbocycles. The van der Waals surface area contributed by atoms with E-state index in [1.807, 2.05) is 0 Å². The van der Waals surface area contributed by atoms with Crippen molar-refractivity contribution in [2.24, 2.45) is 5.41 Å². The van der Waals surface area contributed by atoms with Crippen LogP contribution in [0.15, 0.2) is 81.4 Å². The molecule has 0 aliphatic heterocycles. The van der Waals surface area contributed by atoms with Gasteiger partial charge in [0.05, 0.1) is 0 Å². The zero-order valence-electron chi connectivity index (χ0n) is 16.2. The number of allylic oxidation sites excluding steroid dienone is 4. The fourth-order valence-corrected chi connectivity index (χ4v) is 9.26. The molecule has 2 aromatic rings. The van der Waals surface area contributed by atoms with Gasteiger partial charge in [-0.1, -0.05) is 0 Å². The third-order valence-electron chi connectivity index (χ3n) is 5.07. The SMILES string of the molecule is CC(C)(C)C1=[C]([Ti+3])CC=C1[Si](C)(c1ccccc1)c1ccccc1.[Cl-].[Cl-].[Cl-]. The predicted octanol–water partition coefficient (Wildman–Crippen LogP) is -4.39. The number of hydrogen-bond acceptors (Lipinski definition) is 0. The van der Waals surface area contributed by atoms with Gasteiger partial charge in [0.25, 0.3) is 0 Å². The van der Waals surface area contributed by atoms with Crippen LogP contribution in [0.5, 0.6) is 0 Å². The monoisotopic (exact) mass is 470 g/mol. The zero-order chi connectivity index (χ0) is 17.4. The molecule has 5 heteroatoms. The second-order valence-electron chi connectivity index (χ2n) is 7.78. The summed E-state index contributed by atoms with van der Waals surface area (Å²) in [5.41, 5.74) is 1.77. The summed E-state index contributed by atoms with van der Waals surface area (Å²) in [7, 11) is -1.98. The van der Waals surface area contributed by atoms with Crippen LogP contribution >= 0.6 is 0 Å². The molecule has 0 radical (unpaired) electrons. The zero-order valence-corrected chi connectivity index (χ0v) is 21.0. The largest absolute Gasteiger partial charge is 1.00 e. The molecule has 3 rings (SSSR count). The second-order valence-corrected chi connectivity index (χ2v) is 12.7. The van der Waals surface area contributed by atoms with Gasteiger partial charge in [-0.25, -0.2) is 0 Å². The Kier molecular flexibility index (Phi) is 10.4. The van der Waals surface area contributed by atoms with Gasteiger partial charge in [-0.3, -0.25) is 0 Å². The van der Waals surface area contributed by atoms with Gasteiger partial charge in [0.15, 0.2) is 0 Å². The van der Waals surface area contributed by atoms with E-state index in [-0.39, 0.29) is 42.6 Å². The van der Waals surface area contributed by atoms with E-state index < -0.39 is 8.07 Å². The molecule has 142 valence electrons. The minimum atomic E-state index is -1.98. The Morgan fingerprint density at radius 3 is 1.56 bits per heavy atom. The normalized spacial score (nSPS) is 13.9. The van der Waals surface area contributed by atoms with Crippen molar-refractivity contribution in [3.63, 3.8) is 0 Å². The molecule has 0 unspecified atom stereocenters. The third-order valence-corrected chi connectivity index (χ3v) is 10.3. The summed E-state index contributed by atoms with van der Waals surface area (Å²) in [6.45, 7) is 9.59. The molecule has 0 amide bonds. The quantitative estimate of drug-likeness (QED) is 0.397. The van der Waals surface area contributed by atoms with Crippen LogP contribution in [-0.4, -0.2) is 8.07 Å². The van der Waals surface area contributed by atoms with Crippen molar-refractivity contribution in [3.05, 3.63) is 81.4 Å². The molecule has 0 nitrogen and oxygen atoms in total. The van der Waals surface area contributed by atoms with Gasteiger partial charge in [-0.2, -0.15) is 0 Å². The summed E-state index contributed by atoms with van der Waals surface area (Å²) in [6.07, 6.45) is 3.62. The van der Waals surface area contributed by atoms with E-state index in [0.29, 0.717) is 0 Å². The number of benzene rings is 2. The first-order valence-corrected chi connectivity index (χ1v) is 11.9. The van der Waals surface area contributed by atoms with Crippen LogP contribution in [0.2, 0.25) is 6.55 Å². The van der Waals surface area contributed by atoms with Gasteiger partial charge in [-0.05, 0) is 0 Å². The van der Waals surface area contributed by atoms with Crippen LogP contribution in [0.25, 0.3) is 0 Å². The number of hydrogen-bond donors (Lipinski definition) is 0. The molecular formula is C22H25Cl3SiTi. The molecule has 0 bridgehead atoms. The van der Waals surface area contributed by atoms with Gasteiger partial charge in [-0.15, -0.1) is 0 Å². The fraction of sp³-hybridized carbons (Fsp3) is 0.273. The molecule has 0 heterocycles. The molecule has 2 aromatic carbocycles. The summed E-state index contributed by atoms with van der Waals surface area (Å²) in [5, 5.41) is 4.61. The van der Waals surface area contributed by atoms with Crippen molar-refractivity contribution in [2.45, 2.75) is 33.7 Å². The van der Waals surface area contributed by atoms with Gasteiger partial charge in [0, 0.05) is 0 Å². The summed E-state index contributed by atoms with van der Waals surface area (Å²) in [5.74, 6) is 0. The van der Waals surface area contributed by atoms with E-state index in [1.54, 1.807) is 14.6 Å². The van der Waals surface area contributed by atoms with Crippen molar-refractivity contribution in [1.82, 2.24) is 0 Å². The predicted molar refractivity (Wildman–Crippen MR) is 103 cm³/mol. The van der Waals surface area contributed by atoms with Gasteiger partial charge in [0.2, 0.25) is 0 Å². The van der Waals surface area contributed by atoms with Crippen LogP contribution in [-0.2, 0) is 20.4 Å². The molecule has 1 aliphatic carbocycles. The topological polar surface area (TPSA) is 0 Å². The first-order valence-electron chi connectivity index (χ1n) is 8.62. The van der Waals surface area contributed by atoms with E-state index >= 15 is 0 Å². The molecule has 0 N–H and O–H groups in total. The van der Waals surface area contributed by atoms with E-state index in [9.17, 15) is 0 Å². The maximum Gasteiger partial charge on any atom is -1.00 e. The first kappa shape index (κ1) is 26.7. The van der Waals surface area contributed by atoms with Gasteiger partial charge in [0.1, 0.15) is 0 Å². The average molecular weight is 472 g/mol. The molecule has 0 atom stereocenters. The molecule has 0 aromatic heterocycles. The number of halogens is 3. The molecule has 0 fully saturated rings. The summed E-state index contributed by atoms with van der Waals surface area (Å²) >= 11 is 2.31. The maximum absolute atomic E-state index is 2.52. The third kappa shape index (κ3) is 5.21. The minimum Gasteiger partial charge on any atom is -1.00 e. The van der Waals surface area contributed by atoms with Crippen LogP contribution in [0.3, 0.4) is 0 Å². The Bertz CT molecular complexity index is 754. The Morgan fingerprint density at radius 1 is 0.778 bits per heavy atom. The van der Waals surface area contributed by atoms with Crippen LogP contribution in [0, 0.1) is 5.41 Å². The molecule has 0 saturated heterocycles. The first-order chi connectivity index (χ1) is 11.3. The van der Waals surface area contributed by atoms with E-state index in [4.69, 9.17) is 0 Å². The molecule has 0 spiro atoms. The Balaban J connectivity index is 0.00000225.